The van der Waals surface area contributed by atoms with Crippen molar-refractivity contribution in [1.82, 2.24) is 5.43 Å². The van der Waals surface area contributed by atoms with Crippen molar-refractivity contribution < 1.29 is 19.1 Å². The molecule has 0 unspecified atom stereocenters. The van der Waals surface area contributed by atoms with E-state index >= 15 is 0 Å². The summed E-state index contributed by atoms with van der Waals surface area (Å²) in [5.74, 6) is -0.645. The zero-order valence-corrected chi connectivity index (χ0v) is 17.4. The molecule has 0 aliphatic heterocycles. The van der Waals surface area contributed by atoms with E-state index in [-0.39, 0.29) is 6.61 Å². The highest BCUT2D eigenvalue weighted by Gasteiger charge is 2.13. The lowest BCUT2D eigenvalue weighted by molar-refractivity contribution is -0.136. The molecule has 2 amide bonds. The summed E-state index contributed by atoms with van der Waals surface area (Å²) in [6.45, 7) is 0.278. The second-order valence-corrected chi connectivity index (χ2v) is 6.71. The third-order valence-corrected chi connectivity index (χ3v) is 4.53. The minimum atomic E-state index is -0.909. The quantitative estimate of drug-likeness (QED) is 0.332. The summed E-state index contributed by atoms with van der Waals surface area (Å²) in [4.78, 5) is 24.0. The van der Waals surface area contributed by atoms with Crippen molar-refractivity contribution in [2.45, 2.75) is 6.61 Å². The molecule has 0 aliphatic rings. The number of benzene rings is 3. The molecule has 0 saturated carbocycles. The fraction of sp³-hybridized carbons (Fsp3) is 0.0870. The molecule has 0 aliphatic carbocycles. The predicted molar refractivity (Wildman–Crippen MR) is 120 cm³/mol. The van der Waals surface area contributed by atoms with Crippen LogP contribution in [0.2, 0.25) is 5.02 Å². The van der Waals surface area contributed by atoms with Crippen LogP contribution in [-0.4, -0.2) is 25.1 Å². The number of methoxy groups -OCH3 is 1. The normalized spacial score (nSPS) is 10.5. The van der Waals surface area contributed by atoms with E-state index in [0.29, 0.717) is 27.8 Å². The minimum absolute atomic E-state index is 0.278. The number of amides is 2. The first-order chi connectivity index (χ1) is 15.1. The number of anilines is 1. The van der Waals surface area contributed by atoms with Crippen molar-refractivity contribution in [2.75, 3.05) is 12.4 Å². The van der Waals surface area contributed by atoms with Crippen LogP contribution in [0.25, 0.3) is 0 Å². The number of nitrogens with zero attached hydrogens (tertiary/aromatic N) is 1. The largest absolute Gasteiger partial charge is 0.497 e. The molecular weight excluding hydrogens is 418 g/mol. The number of hydrogen-bond donors (Lipinski definition) is 2. The van der Waals surface area contributed by atoms with Crippen LogP contribution in [0.3, 0.4) is 0 Å². The van der Waals surface area contributed by atoms with Crippen LogP contribution in [0.5, 0.6) is 11.5 Å². The molecule has 0 spiro atoms. The first-order valence-corrected chi connectivity index (χ1v) is 9.68. The van der Waals surface area contributed by atoms with Gasteiger partial charge in [0.15, 0.2) is 0 Å². The molecule has 7 nitrogen and oxygen atoms in total. The Bertz CT molecular complexity index is 1100. The monoisotopic (exact) mass is 437 g/mol. The highest BCUT2D eigenvalue weighted by molar-refractivity contribution is 6.39. The fourth-order valence-corrected chi connectivity index (χ4v) is 2.78. The molecule has 2 N–H and O–H groups in total. The van der Waals surface area contributed by atoms with Crippen LogP contribution in [-0.2, 0) is 16.2 Å². The van der Waals surface area contributed by atoms with Gasteiger partial charge in [-0.25, -0.2) is 5.43 Å². The van der Waals surface area contributed by atoms with Gasteiger partial charge >= 0.3 is 11.8 Å². The molecule has 0 fully saturated rings. The van der Waals surface area contributed by atoms with Crippen molar-refractivity contribution in [3.05, 3.63) is 88.9 Å². The number of hydrogen-bond acceptors (Lipinski definition) is 5. The Labute approximate surface area is 184 Å². The number of carbonyl (C=O) groups excluding carboxylic acids is 2. The number of ether oxygens (including phenoxy) is 2. The van der Waals surface area contributed by atoms with Crippen LogP contribution < -0.4 is 20.2 Å². The Morgan fingerprint density at radius 1 is 1.00 bits per heavy atom. The summed E-state index contributed by atoms with van der Waals surface area (Å²) in [5.41, 5.74) is 4.11. The molecule has 0 bridgehead atoms. The second kappa shape index (κ2) is 10.8. The Hall–Kier alpha value is -3.84. The maximum Gasteiger partial charge on any atom is 0.329 e. The number of rotatable bonds is 7. The molecule has 31 heavy (non-hydrogen) atoms. The van der Waals surface area contributed by atoms with E-state index in [1.165, 1.54) is 13.3 Å². The summed E-state index contributed by atoms with van der Waals surface area (Å²) < 4.78 is 10.9. The van der Waals surface area contributed by atoms with Gasteiger partial charge in [0.05, 0.1) is 13.3 Å². The molecule has 3 aromatic rings. The molecular formula is C23H20ClN3O4. The Balaban J connectivity index is 1.58. The van der Waals surface area contributed by atoms with Crippen LogP contribution in [0.15, 0.2) is 77.9 Å². The van der Waals surface area contributed by atoms with Gasteiger partial charge in [-0.3, -0.25) is 9.59 Å². The van der Waals surface area contributed by atoms with Gasteiger partial charge in [0.1, 0.15) is 18.1 Å². The van der Waals surface area contributed by atoms with Gasteiger partial charge in [-0.1, -0.05) is 48.0 Å². The molecule has 3 aromatic carbocycles. The van der Waals surface area contributed by atoms with Crippen molar-refractivity contribution in [3.8, 4) is 11.5 Å². The Kier molecular flexibility index (Phi) is 7.61. The average Bonchev–Trinajstić information content (AvgIpc) is 2.79. The van der Waals surface area contributed by atoms with Crippen LogP contribution in [0.1, 0.15) is 11.1 Å². The van der Waals surface area contributed by atoms with E-state index in [4.69, 9.17) is 21.1 Å². The molecule has 0 aromatic heterocycles. The van der Waals surface area contributed by atoms with Gasteiger partial charge in [-0.05, 0) is 30.3 Å². The topological polar surface area (TPSA) is 89.0 Å². The number of halogens is 1. The summed E-state index contributed by atoms with van der Waals surface area (Å²) >= 11 is 6.15. The summed E-state index contributed by atoms with van der Waals surface area (Å²) in [5, 5.41) is 6.95. The van der Waals surface area contributed by atoms with Gasteiger partial charge < -0.3 is 14.8 Å². The highest BCUT2D eigenvalue weighted by Crippen LogP contribution is 2.21. The van der Waals surface area contributed by atoms with Gasteiger partial charge in [0.2, 0.25) is 0 Å². The summed E-state index contributed by atoms with van der Waals surface area (Å²) in [6.07, 6.45) is 1.40. The van der Waals surface area contributed by atoms with E-state index in [9.17, 15) is 9.59 Å². The predicted octanol–water partition coefficient (Wildman–Crippen LogP) is 4.02. The fourth-order valence-electron chi connectivity index (χ4n) is 2.59. The summed E-state index contributed by atoms with van der Waals surface area (Å²) in [6, 6.07) is 21.2. The second-order valence-electron chi connectivity index (χ2n) is 6.30. The van der Waals surface area contributed by atoms with Gasteiger partial charge in [0, 0.05) is 27.9 Å². The molecule has 3 rings (SSSR count). The number of carbonyl (C=O) groups is 2. The molecule has 8 heteroatoms. The SMILES string of the molecule is COc1cccc(NC(=O)C(=O)N/N=C\c2ccccc2OCc2ccccc2Cl)c1. The van der Waals surface area contributed by atoms with E-state index in [0.717, 1.165) is 5.56 Å². The third-order valence-electron chi connectivity index (χ3n) is 4.16. The standard InChI is InChI=1S/C23H20ClN3O4/c1-30-19-10-6-9-18(13-19)26-22(28)23(29)27-25-14-16-7-3-5-12-21(16)31-15-17-8-2-4-11-20(17)24/h2-14H,15H2,1H3,(H,26,28)(H,27,29)/b25-14-. The Morgan fingerprint density at radius 3 is 2.58 bits per heavy atom. The minimum Gasteiger partial charge on any atom is -0.497 e. The zero-order valence-electron chi connectivity index (χ0n) is 16.7. The van der Waals surface area contributed by atoms with Crippen molar-refractivity contribution in [1.29, 1.82) is 0 Å². The van der Waals surface area contributed by atoms with Crippen molar-refractivity contribution >= 4 is 35.3 Å². The van der Waals surface area contributed by atoms with Gasteiger partial charge in [0.25, 0.3) is 0 Å². The number of nitrogens with one attached hydrogen (secondary N) is 2. The van der Waals surface area contributed by atoms with Crippen molar-refractivity contribution in [2.24, 2.45) is 5.10 Å². The lowest BCUT2D eigenvalue weighted by Gasteiger charge is -2.10. The molecule has 0 saturated heterocycles. The van der Waals surface area contributed by atoms with Crippen LogP contribution in [0.4, 0.5) is 5.69 Å². The molecule has 0 heterocycles. The van der Waals surface area contributed by atoms with Gasteiger partial charge in [-0.15, -0.1) is 0 Å². The first-order valence-electron chi connectivity index (χ1n) is 9.30. The maximum absolute atomic E-state index is 12.0. The first kappa shape index (κ1) is 21.9. The van der Waals surface area contributed by atoms with E-state index in [1.54, 1.807) is 48.5 Å². The zero-order chi connectivity index (χ0) is 22.1. The van der Waals surface area contributed by atoms with E-state index < -0.39 is 11.8 Å². The Morgan fingerprint density at radius 2 is 1.77 bits per heavy atom. The average molecular weight is 438 g/mol. The number of hydrazone groups is 1. The van der Waals surface area contributed by atoms with Crippen LogP contribution in [0, 0.1) is 0 Å². The van der Waals surface area contributed by atoms with Crippen LogP contribution >= 0.6 is 11.6 Å². The molecule has 0 atom stereocenters. The van der Waals surface area contributed by atoms with E-state index in [2.05, 4.69) is 15.8 Å². The molecule has 0 radical (unpaired) electrons. The lowest BCUT2D eigenvalue weighted by Crippen LogP contribution is -2.32. The van der Waals surface area contributed by atoms with Crippen molar-refractivity contribution in [3.63, 3.8) is 0 Å². The lowest BCUT2D eigenvalue weighted by atomic mass is 10.2. The van der Waals surface area contributed by atoms with E-state index in [1.807, 2.05) is 24.3 Å². The number of para-hydroxylation sites is 1. The molecule has 158 valence electrons. The summed E-state index contributed by atoms with van der Waals surface area (Å²) in [7, 11) is 1.51. The smallest absolute Gasteiger partial charge is 0.329 e. The maximum atomic E-state index is 12.0. The van der Waals surface area contributed by atoms with Gasteiger partial charge in [-0.2, -0.15) is 5.10 Å². The third kappa shape index (κ3) is 6.32. The highest BCUT2D eigenvalue weighted by atomic mass is 35.5.